The molecule has 0 aromatic heterocycles. The Labute approximate surface area is 93.6 Å². The SMILES string of the molecule is CC(C)CCCC(C)NC(=O)OC(C)C. The first kappa shape index (κ1) is 14.3. The van der Waals surface area contributed by atoms with Crippen LogP contribution in [0.4, 0.5) is 4.79 Å². The number of nitrogens with one attached hydrogen (secondary N) is 1. The highest BCUT2D eigenvalue weighted by Crippen LogP contribution is 2.08. The van der Waals surface area contributed by atoms with Crippen LogP contribution in [-0.4, -0.2) is 18.2 Å². The summed E-state index contributed by atoms with van der Waals surface area (Å²) in [4.78, 5) is 11.2. The van der Waals surface area contributed by atoms with E-state index in [0.29, 0.717) is 0 Å². The molecule has 90 valence electrons. The van der Waals surface area contributed by atoms with E-state index < -0.39 is 0 Å². The summed E-state index contributed by atoms with van der Waals surface area (Å²) in [6.45, 7) is 10.1. The van der Waals surface area contributed by atoms with Gasteiger partial charge >= 0.3 is 6.09 Å². The van der Waals surface area contributed by atoms with Gasteiger partial charge in [0.15, 0.2) is 0 Å². The van der Waals surface area contributed by atoms with E-state index in [1.165, 1.54) is 6.42 Å². The normalized spacial score (nSPS) is 13.0. The van der Waals surface area contributed by atoms with Crippen LogP contribution in [-0.2, 0) is 4.74 Å². The Morgan fingerprint density at radius 2 is 1.73 bits per heavy atom. The van der Waals surface area contributed by atoms with Gasteiger partial charge in [0, 0.05) is 6.04 Å². The van der Waals surface area contributed by atoms with Gasteiger partial charge in [0.1, 0.15) is 0 Å². The standard InChI is InChI=1S/C12H25NO2/c1-9(2)7-6-8-11(5)13-12(14)15-10(3)4/h9-11H,6-8H2,1-5H3,(H,13,14). The first-order valence-electron chi connectivity index (χ1n) is 5.89. The Hall–Kier alpha value is -0.730. The Kier molecular flexibility index (Phi) is 7.18. The second-order valence-electron chi connectivity index (χ2n) is 4.82. The average Bonchev–Trinajstić information content (AvgIpc) is 2.00. The number of alkyl carbamates (subject to hydrolysis) is 1. The maximum Gasteiger partial charge on any atom is 0.407 e. The molecule has 3 heteroatoms. The van der Waals surface area contributed by atoms with E-state index in [4.69, 9.17) is 4.74 Å². The molecule has 0 radical (unpaired) electrons. The average molecular weight is 215 g/mol. The van der Waals surface area contributed by atoms with E-state index in [2.05, 4.69) is 19.2 Å². The molecular weight excluding hydrogens is 190 g/mol. The molecule has 0 aromatic carbocycles. The molecule has 15 heavy (non-hydrogen) atoms. The molecule has 0 fully saturated rings. The zero-order valence-electron chi connectivity index (χ0n) is 10.7. The Balaban J connectivity index is 3.55. The van der Waals surface area contributed by atoms with Gasteiger partial charge < -0.3 is 10.1 Å². The predicted octanol–water partition coefficient (Wildman–Crippen LogP) is 3.34. The van der Waals surface area contributed by atoms with Crippen LogP contribution in [0.1, 0.15) is 53.9 Å². The van der Waals surface area contributed by atoms with Crippen molar-refractivity contribution in [2.24, 2.45) is 5.92 Å². The molecule has 1 unspecified atom stereocenters. The molecule has 0 saturated carbocycles. The van der Waals surface area contributed by atoms with Crippen LogP contribution in [0, 0.1) is 5.92 Å². The van der Waals surface area contributed by atoms with Crippen molar-refractivity contribution in [1.29, 1.82) is 0 Å². The third-order valence-corrected chi connectivity index (χ3v) is 2.13. The van der Waals surface area contributed by atoms with Gasteiger partial charge in [-0.2, -0.15) is 0 Å². The molecule has 1 atom stereocenters. The van der Waals surface area contributed by atoms with Crippen molar-refractivity contribution in [1.82, 2.24) is 5.32 Å². The lowest BCUT2D eigenvalue weighted by Crippen LogP contribution is -2.34. The number of hydrogen-bond acceptors (Lipinski definition) is 2. The van der Waals surface area contributed by atoms with Crippen LogP contribution in [0.2, 0.25) is 0 Å². The van der Waals surface area contributed by atoms with Crippen LogP contribution < -0.4 is 5.32 Å². The summed E-state index contributed by atoms with van der Waals surface area (Å²) in [6.07, 6.45) is 3.03. The number of ether oxygens (including phenoxy) is 1. The highest BCUT2D eigenvalue weighted by Gasteiger charge is 2.09. The van der Waals surface area contributed by atoms with Gasteiger partial charge in [-0.15, -0.1) is 0 Å². The summed E-state index contributed by atoms with van der Waals surface area (Å²) in [5.74, 6) is 0.736. The summed E-state index contributed by atoms with van der Waals surface area (Å²) in [7, 11) is 0. The smallest absolute Gasteiger partial charge is 0.407 e. The van der Waals surface area contributed by atoms with Gasteiger partial charge in [-0.3, -0.25) is 0 Å². The molecular formula is C12H25NO2. The van der Waals surface area contributed by atoms with Crippen LogP contribution in [0.25, 0.3) is 0 Å². The molecule has 0 bridgehead atoms. The van der Waals surface area contributed by atoms with Crippen LogP contribution in [0.15, 0.2) is 0 Å². The van der Waals surface area contributed by atoms with E-state index in [9.17, 15) is 4.79 Å². The summed E-state index contributed by atoms with van der Waals surface area (Å²) in [6, 6.07) is 0.204. The maximum atomic E-state index is 11.2. The van der Waals surface area contributed by atoms with Gasteiger partial charge in [-0.25, -0.2) is 4.79 Å². The number of hydrogen-bond donors (Lipinski definition) is 1. The molecule has 1 N–H and O–H groups in total. The fourth-order valence-corrected chi connectivity index (χ4v) is 1.35. The lowest BCUT2D eigenvalue weighted by Gasteiger charge is -2.15. The zero-order valence-corrected chi connectivity index (χ0v) is 10.7. The lowest BCUT2D eigenvalue weighted by atomic mass is 10.0. The third-order valence-electron chi connectivity index (χ3n) is 2.13. The monoisotopic (exact) mass is 215 g/mol. The second kappa shape index (κ2) is 7.55. The Morgan fingerprint density at radius 3 is 2.20 bits per heavy atom. The highest BCUT2D eigenvalue weighted by molar-refractivity contribution is 5.67. The van der Waals surface area contributed by atoms with Gasteiger partial charge in [0.2, 0.25) is 0 Å². The summed E-state index contributed by atoms with van der Waals surface area (Å²) < 4.78 is 5.00. The van der Waals surface area contributed by atoms with Crippen molar-refractivity contribution in [3.05, 3.63) is 0 Å². The fourth-order valence-electron chi connectivity index (χ4n) is 1.35. The second-order valence-corrected chi connectivity index (χ2v) is 4.82. The minimum atomic E-state index is -0.304. The summed E-state index contributed by atoms with van der Waals surface area (Å²) in [5.41, 5.74) is 0. The van der Waals surface area contributed by atoms with Gasteiger partial charge in [-0.05, 0) is 33.1 Å². The fraction of sp³-hybridized carbons (Fsp3) is 0.917. The molecule has 0 spiro atoms. The first-order chi connectivity index (χ1) is 6.91. The van der Waals surface area contributed by atoms with Crippen LogP contribution in [0.3, 0.4) is 0 Å². The highest BCUT2D eigenvalue weighted by atomic mass is 16.6. The topological polar surface area (TPSA) is 38.3 Å². The van der Waals surface area contributed by atoms with Gasteiger partial charge in [0.25, 0.3) is 0 Å². The molecule has 0 saturated heterocycles. The summed E-state index contributed by atoms with van der Waals surface area (Å²) in [5, 5.41) is 2.82. The Bertz CT molecular complexity index is 178. The molecule has 0 aliphatic rings. The van der Waals surface area contributed by atoms with Gasteiger partial charge in [-0.1, -0.05) is 26.7 Å². The number of carbonyl (C=O) groups excluding carboxylic acids is 1. The number of rotatable bonds is 6. The van der Waals surface area contributed by atoms with Crippen molar-refractivity contribution >= 4 is 6.09 Å². The van der Waals surface area contributed by atoms with Crippen LogP contribution >= 0.6 is 0 Å². The third kappa shape index (κ3) is 9.57. The molecule has 3 nitrogen and oxygen atoms in total. The van der Waals surface area contributed by atoms with E-state index >= 15 is 0 Å². The van der Waals surface area contributed by atoms with Crippen molar-refractivity contribution in [3.63, 3.8) is 0 Å². The van der Waals surface area contributed by atoms with Crippen molar-refractivity contribution in [2.75, 3.05) is 0 Å². The van der Waals surface area contributed by atoms with E-state index in [-0.39, 0.29) is 18.2 Å². The van der Waals surface area contributed by atoms with E-state index in [0.717, 1.165) is 18.8 Å². The molecule has 0 heterocycles. The van der Waals surface area contributed by atoms with Crippen LogP contribution in [0.5, 0.6) is 0 Å². The minimum Gasteiger partial charge on any atom is -0.447 e. The zero-order chi connectivity index (χ0) is 11.8. The molecule has 0 aromatic rings. The first-order valence-corrected chi connectivity index (χ1v) is 5.89. The lowest BCUT2D eigenvalue weighted by molar-refractivity contribution is 0.112. The van der Waals surface area contributed by atoms with E-state index in [1.807, 2.05) is 20.8 Å². The molecule has 0 aliphatic carbocycles. The number of carbonyl (C=O) groups is 1. The van der Waals surface area contributed by atoms with Crippen molar-refractivity contribution < 1.29 is 9.53 Å². The van der Waals surface area contributed by atoms with E-state index in [1.54, 1.807) is 0 Å². The summed E-state index contributed by atoms with van der Waals surface area (Å²) >= 11 is 0. The van der Waals surface area contributed by atoms with Crippen molar-refractivity contribution in [2.45, 2.75) is 66.0 Å². The Morgan fingerprint density at radius 1 is 1.13 bits per heavy atom. The maximum absolute atomic E-state index is 11.2. The molecule has 0 rings (SSSR count). The predicted molar refractivity (Wildman–Crippen MR) is 62.9 cm³/mol. The van der Waals surface area contributed by atoms with Crippen molar-refractivity contribution in [3.8, 4) is 0 Å². The van der Waals surface area contributed by atoms with Gasteiger partial charge in [0.05, 0.1) is 6.10 Å². The molecule has 1 amide bonds. The number of amides is 1. The molecule has 0 aliphatic heterocycles. The minimum absolute atomic E-state index is 0.0483. The quantitative estimate of drug-likeness (QED) is 0.738. The largest absolute Gasteiger partial charge is 0.447 e.